The monoisotopic (exact) mass is 227 g/mol. The average molecular weight is 227 g/mol. The van der Waals surface area contributed by atoms with Crippen LogP contribution in [0.25, 0.3) is 0 Å². The molecular formula is C12H21NOS. The van der Waals surface area contributed by atoms with Crippen molar-refractivity contribution < 1.29 is 4.79 Å². The molecule has 0 aromatic rings. The minimum atomic E-state index is 0.313. The second kappa shape index (κ2) is 5.78. The smallest absolute Gasteiger partial charge is 0.223 e. The van der Waals surface area contributed by atoms with Crippen molar-refractivity contribution >= 4 is 17.7 Å². The van der Waals surface area contributed by atoms with E-state index in [1.165, 1.54) is 43.6 Å². The zero-order valence-corrected chi connectivity index (χ0v) is 10.2. The number of carbonyl (C=O) groups is 1. The molecule has 2 nitrogen and oxygen atoms in total. The van der Waals surface area contributed by atoms with Crippen molar-refractivity contribution in [1.29, 1.82) is 0 Å². The highest BCUT2D eigenvalue weighted by molar-refractivity contribution is 7.99. The molecule has 1 aliphatic carbocycles. The molecule has 1 amide bonds. The minimum absolute atomic E-state index is 0.313. The van der Waals surface area contributed by atoms with E-state index < -0.39 is 0 Å². The largest absolute Gasteiger partial charge is 0.353 e. The second-order valence-electron chi connectivity index (χ2n) is 4.73. The van der Waals surface area contributed by atoms with Crippen molar-refractivity contribution in [2.24, 2.45) is 5.92 Å². The maximum absolute atomic E-state index is 11.9. The van der Waals surface area contributed by atoms with Crippen molar-refractivity contribution in [1.82, 2.24) is 5.32 Å². The van der Waals surface area contributed by atoms with Crippen LogP contribution in [-0.2, 0) is 4.79 Å². The molecule has 0 radical (unpaired) electrons. The second-order valence-corrected chi connectivity index (χ2v) is 5.95. The molecule has 2 rings (SSSR count). The van der Waals surface area contributed by atoms with Gasteiger partial charge in [-0.3, -0.25) is 4.79 Å². The normalized spacial score (nSPS) is 25.1. The summed E-state index contributed by atoms with van der Waals surface area (Å²) in [5.74, 6) is 2.99. The third-order valence-corrected chi connectivity index (χ3v) is 4.59. The lowest BCUT2D eigenvalue weighted by molar-refractivity contribution is -0.126. The SMILES string of the molecule is O=C(NC1CCCCC1)C1CCSCC1. The number of hydrogen-bond donors (Lipinski definition) is 1. The molecule has 2 fully saturated rings. The molecule has 2 aliphatic rings. The van der Waals surface area contributed by atoms with Crippen LogP contribution >= 0.6 is 11.8 Å². The molecule has 86 valence electrons. The fraction of sp³-hybridized carbons (Fsp3) is 0.917. The van der Waals surface area contributed by atoms with Crippen LogP contribution in [0.15, 0.2) is 0 Å². The topological polar surface area (TPSA) is 29.1 Å². The lowest BCUT2D eigenvalue weighted by Crippen LogP contribution is -2.40. The summed E-state index contributed by atoms with van der Waals surface area (Å²) in [4.78, 5) is 11.9. The fourth-order valence-corrected chi connectivity index (χ4v) is 3.63. The van der Waals surface area contributed by atoms with Crippen LogP contribution in [0.1, 0.15) is 44.9 Å². The Kier molecular flexibility index (Phi) is 4.36. The van der Waals surface area contributed by atoms with Crippen LogP contribution in [0.4, 0.5) is 0 Å². The highest BCUT2D eigenvalue weighted by Crippen LogP contribution is 2.24. The van der Waals surface area contributed by atoms with Gasteiger partial charge in [0.25, 0.3) is 0 Å². The molecule has 1 N–H and O–H groups in total. The maximum Gasteiger partial charge on any atom is 0.223 e. The number of amides is 1. The van der Waals surface area contributed by atoms with Gasteiger partial charge in [-0.2, -0.15) is 11.8 Å². The van der Waals surface area contributed by atoms with Gasteiger partial charge in [0.15, 0.2) is 0 Å². The lowest BCUT2D eigenvalue weighted by Gasteiger charge is -2.27. The van der Waals surface area contributed by atoms with Gasteiger partial charge < -0.3 is 5.32 Å². The van der Waals surface area contributed by atoms with Crippen LogP contribution < -0.4 is 5.32 Å². The number of nitrogens with one attached hydrogen (secondary N) is 1. The number of rotatable bonds is 2. The van der Waals surface area contributed by atoms with Crippen LogP contribution in [0, 0.1) is 5.92 Å². The van der Waals surface area contributed by atoms with Crippen molar-refractivity contribution in [3.63, 3.8) is 0 Å². The van der Waals surface area contributed by atoms with E-state index in [1.807, 2.05) is 11.8 Å². The van der Waals surface area contributed by atoms with Gasteiger partial charge in [-0.05, 0) is 37.2 Å². The Morgan fingerprint density at radius 2 is 1.67 bits per heavy atom. The average Bonchev–Trinajstić information content (AvgIpc) is 2.31. The molecule has 15 heavy (non-hydrogen) atoms. The maximum atomic E-state index is 11.9. The van der Waals surface area contributed by atoms with Crippen LogP contribution in [0.3, 0.4) is 0 Å². The zero-order chi connectivity index (χ0) is 10.5. The van der Waals surface area contributed by atoms with Gasteiger partial charge >= 0.3 is 0 Å². The van der Waals surface area contributed by atoms with E-state index in [-0.39, 0.29) is 0 Å². The van der Waals surface area contributed by atoms with E-state index in [1.54, 1.807) is 0 Å². The van der Waals surface area contributed by atoms with E-state index >= 15 is 0 Å². The Morgan fingerprint density at radius 1 is 1.00 bits per heavy atom. The molecule has 1 saturated carbocycles. The molecule has 0 atom stereocenters. The first-order valence-electron chi connectivity index (χ1n) is 6.24. The number of carbonyl (C=O) groups excluding carboxylic acids is 1. The quantitative estimate of drug-likeness (QED) is 0.785. The fourth-order valence-electron chi connectivity index (χ4n) is 2.53. The van der Waals surface area contributed by atoms with Crippen LogP contribution in [0.5, 0.6) is 0 Å². The minimum Gasteiger partial charge on any atom is -0.353 e. The zero-order valence-electron chi connectivity index (χ0n) is 9.34. The molecule has 0 aromatic carbocycles. The van der Waals surface area contributed by atoms with Crippen molar-refractivity contribution in [2.45, 2.75) is 51.0 Å². The summed E-state index contributed by atoms with van der Waals surface area (Å²) < 4.78 is 0. The van der Waals surface area contributed by atoms with E-state index in [9.17, 15) is 4.79 Å². The molecule has 1 saturated heterocycles. The lowest BCUT2D eigenvalue weighted by atomic mass is 9.94. The predicted octanol–water partition coefficient (Wildman–Crippen LogP) is 2.58. The van der Waals surface area contributed by atoms with Gasteiger partial charge in [-0.1, -0.05) is 19.3 Å². The molecular weight excluding hydrogens is 206 g/mol. The van der Waals surface area contributed by atoms with Gasteiger partial charge in [0, 0.05) is 12.0 Å². The summed E-state index contributed by atoms with van der Waals surface area (Å²) in [5, 5.41) is 3.24. The molecule has 0 aromatic heterocycles. The summed E-state index contributed by atoms with van der Waals surface area (Å²) in [6.07, 6.45) is 8.52. The predicted molar refractivity (Wildman–Crippen MR) is 65.1 cm³/mol. The third-order valence-electron chi connectivity index (χ3n) is 3.54. The van der Waals surface area contributed by atoms with E-state index in [4.69, 9.17) is 0 Å². The van der Waals surface area contributed by atoms with Gasteiger partial charge in [0.2, 0.25) is 5.91 Å². The molecule has 3 heteroatoms. The Hall–Kier alpha value is -0.180. The first-order valence-corrected chi connectivity index (χ1v) is 7.40. The number of thioether (sulfide) groups is 1. The highest BCUT2D eigenvalue weighted by atomic mass is 32.2. The van der Waals surface area contributed by atoms with Crippen molar-refractivity contribution in [3.8, 4) is 0 Å². The molecule has 0 bridgehead atoms. The van der Waals surface area contributed by atoms with E-state index in [2.05, 4.69) is 5.32 Å². The molecule has 1 heterocycles. The van der Waals surface area contributed by atoms with Crippen LogP contribution in [0.2, 0.25) is 0 Å². The Balaban J connectivity index is 1.74. The highest BCUT2D eigenvalue weighted by Gasteiger charge is 2.24. The van der Waals surface area contributed by atoms with Crippen molar-refractivity contribution in [2.75, 3.05) is 11.5 Å². The van der Waals surface area contributed by atoms with E-state index in [0.717, 1.165) is 12.8 Å². The molecule has 0 spiro atoms. The summed E-state index contributed by atoms with van der Waals surface area (Å²) in [5.41, 5.74) is 0. The third kappa shape index (κ3) is 3.40. The van der Waals surface area contributed by atoms with Gasteiger partial charge in [0.05, 0.1) is 0 Å². The Bertz CT molecular complexity index is 208. The summed E-state index contributed by atoms with van der Waals surface area (Å²) >= 11 is 1.98. The first-order chi connectivity index (χ1) is 7.36. The van der Waals surface area contributed by atoms with Crippen LogP contribution in [-0.4, -0.2) is 23.5 Å². The Labute approximate surface area is 96.6 Å². The Morgan fingerprint density at radius 3 is 2.33 bits per heavy atom. The van der Waals surface area contributed by atoms with Gasteiger partial charge in [-0.25, -0.2) is 0 Å². The summed E-state index contributed by atoms with van der Waals surface area (Å²) in [6.45, 7) is 0. The standard InChI is InChI=1S/C12H21NOS/c14-12(10-6-8-15-9-7-10)13-11-4-2-1-3-5-11/h10-11H,1-9H2,(H,13,14). The summed E-state index contributed by atoms with van der Waals surface area (Å²) in [6, 6.07) is 0.487. The van der Waals surface area contributed by atoms with Crippen molar-refractivity contribution in [3.05, 3.63) is 0 Å². The summed E-state index contributed by atoms with van der Waals surface area (Å²) in [7, 11) is 0. The molecule has 0 unspecified atom stereocenters. The van der Waals surface area contributed by atoms with Gasteiger partial charge in [-0.15, -0.1) is 0 Å². The first kappa shape index (κ1) is 11.3. The van der Waals surface area contributed by atoms with E-state index in [0.29, 0.717) is 17.9 Å². The van der Waals surface area contributed by atoms with Gasteiger partial charge in [0.1, 0.15) is 0 Å². The molecule has 1 aliphatic heterocycles. The number of hydrogen-bond acceptors (Lipinski definition) is 2.